The lowest BCUT2D eigenvalue weighted by atomic mass is 10.2. The fourth-order valence-corrected chi connectivity index (χ4v) is 1.08. The van der Waals surface area contributed by atoms with Gasteiger partial charge in [0.1, 0.15) is 5.60 Å². The third-order valence-electron chi connectivity index (χ3n) is 1.62. The Hall–Kier alpha value is -1.03. The molecule has 0 saturated carbocycles. The molecule has 1 rings (SSSR count). The van der Waals surface area contributed by atoms with Gasteiger partial charge >= 0.3 is 5.97 Å². The third-order valence-corrected chi connectivity index (χ3v) is 1.62. The molecule has 0 unspecified atom stereocenters. The summed E-state index contributed by atoms with van der Waals surface area (Å²) >= 11 is 0. The number of hydrogen-bond donors (Lipinski definition) is 1. The smallest absolute Gasteiger partial charge is 0.336 e. The molecule has 4 nitrogen and oxygen atoms in total. The Morgan fingerprint density at radius 2 is 2.23 bits per heavy atom. The lowest BCUT2D eigenvalue weighted by molar-refractivity contribution is -0.149. The first-order valence-electron chi connectivity index (χ1n) is 4.34. The van der Waals surface area contributed by atoms with Crippen molar-refractivity contribution < 1.29 is 9.53 Å². The van der Waals surface area contributed by atoms with Crippen molar-refractivity contribution in [3.63, 3.8) is 0 Å². The van der Waals surface area contributed by atoms with Gasteiger partial charge in [-0.05, 0) is 20.8 Å². The summed E-state index contributed by atoms with van der Waals surface area (Å²) in [5, 5.41) is 1.50. The molecule has 0 aromatic rings. The minimum Gasteiger partial charge on any atom is -0.457 e. The van der Waals surface area contributed by atoms with Crippen LogP contribution in [-0.2, 0) is 9.53 Å². The van der Waals surface area contributed by atoms with Crippen LogP contribution in [0.15, 0.2) is 11.8 Å². The second-order valence-corrected chi connectivity index (χ2v) is 4.14. The summed E-state index contributed by atoms with van der Waals surface area (Å²) in [5.41, 5.74) is 0.220. The Morgan fingerprint density at radius 1 is 1.62 bits per heavy atom. The molecule has 0 fully saturated rings. The first kappa shape index (κ1) is 10.1. The molecule has 0 saturated heterocycles. The molecule has 0 aromatic heterocycles. The van der Waals surface area contributed by atoms with Crippen LogP contribution in [0.3, 0.4) is 0 Å². The maximum atomic E-state index is 11.4. The number of nitrogens with zero attached hydrogens (tertiary/aromatic N) is 1. The third kappa shape index (κ3) is 3.06. The van der Waals surface area contributed by atoms with Crippen molar-refractivity contribution in [1.29, 1.82) is 0 Å². The SMILES string of the molecule is CC(C)(C)OC(=O)C1=CN(N)CC1. The zero-order valence-corrected chi connectivity index (χ0v) is 8.33. The predicted molar refractivity (Wildman–Crippen MR) is 49.4 cm³/mol. The van der Waals surface area contributed by atoms with E-state index < -0.39 is 5.60 Å². The molecule has 4 heteroatoms. The lowest BCUT2D eigenvalue weighted by Crippen LogP contribution is -2.24. The minimum atomic E-state index is -0.431. The fourth-order valence-electron chi connectivity index (χ4n) is 1.08. The molecule has 0 spiro atoms. The Balaban J connectivity index is 2.54. The highest BCUT2D eigenvalue weighted by atomic mass is 16.6. The monoisotopic (exact) mass is 184 g/mol. The van der Waals surface area contributed by atoms with Crippen LogP contribution in [0.5, 0.6) is 0 Å². The number of ether oxygens (including phenoxy) is 1. The largest absolute Gasteiger partial charge is 0.457 e. The fraction of sp³-hybridized carbons (Fsp3) is 0.667. The summed E-state index contributed by atoms with van der Waals surface area (Å²) in [7, 11) is 0. The van der Waals surface area contributed by atoms with E-state index in [0.717, 1.165) is 0 Å². The molecular formula is C9H16N2O2. The lowest BCUT2D eigenvalue weighted by Gasteiger charge is -2.19. The second-order valence-electron chi connectivity index (χ2n) is 4.14. The van der Waals surface area contributed by atoms with Crippen LogP contribution in [0.1, 0.15) is 27.2 Å². The summed E-state index contributed by atoms with van der Waals surface area (Å²) in [6.45, 7) is 6.23. The maximum absolute atomic E-state index is 11.4. The van der Waals surface area contributed by atoms with Crippen molar-refractivity contribution in [3.05, 3.63) is 11.8 Å². The van der Waals surface area contributed by atoms with E-state index in [1.54, 1.807) is 6.20 Å². The molecule has 74 valence electrons. The number of esters is 1. The van der Waals surface area contributed by atoms with Gasteiger partial charge in [-0.1, -0.05) is 0 Å². The van der Waals surface area contributed by atoms with E-state index >= 15 is 0 Å². The highest BCUT2D eigenvalue weighted by Gasteiger charge is 2.22. The van der Waals surface area contributed by atoms with E-state index in [1.807, 2.05) is 20.8 Å². The van der Waals surface area contributed by atoms with E-state index in [-0.39, 0.29) is 5.97 Å². The van der Waals surface area contributed by atoms with Crippen molar-refractivity contribution in [3.8, 4) is 0 Å². The standard InChI is InChI=1S/C9H16N2O2/c1-9(2,3)13-8(12)7-4-5-11(10)6-7/h6H,4-5,10H2,1-3H3. The van der Waals surface area contributed by atoms with Crippen LogP contribution in [0.4, 0.5) is 0 Å². The van der Waals surface area contributed by atoms with Gasteiger partial charge in [0.2, 0.25) is 0 Å². The summed E-state index contributed by atoms with van der Waals surface area (Å²) < 4.78 is 5.18. The molecule has 0 bridgehead atoms. The maximum Gasteiger partial charge on any atom is 0.336 e. The van der Waals surface area contributed by atoms with Crippen LogP contribution in [0.25, 0.3) is 0 Å². The van der Waals surface area contributed by atoms with Gasteiger partial charge in [0, 0.05) is 19.2 Å². The number of hydrazine groups is 1. The molecule has 0 amide bonds. The molecule has 1 aliphatic heterocycles. The second kappa shape index (κ2) is 3.38. The Kier molecular flexibility index (Phi) is 2.61. The summed E-state index contributed by atoms with van der Waals surface area (Å²) in [6.07, 6.45) is 2.31. The van der Waals surface area contributed by atoms with E-state index in [9.17, 15) is 4.79 Å². The van der Waals surface area contributed by atoms with E-state index in [4.69, 9.17) is 10.6 Å². The van der Waals surface area contributed by atoms with Gasteiger partial charge < -0.3 is 9.75 Å². The van der Waals surface area contributed by atoms with Crippen molar-refractivity contribution in [1.82, 2.24) is 5.01 Å². The topological polar surface area (TPSA) is 55.6 Å². The van der Waals surface area contributed by atoms with Crippen molar-refractivity contribution in [2.75, 3.05) is 6.54 Å². The summed E-state index contributed by atoms with van der Waals surface area (Å²) in [6, 6.07) is 0. The molecule has 13 heavy (non-hydrogen) atoms. The number of rotatable bonds is 1. The first-order valence-corrected chi connectivity index (χ1v) is 4.34. The Bertz CT molecular complexity index is 240. The first-order chi connectivity index (χ1) is 5.88. The van der Waals surface area contributed by atoms with Gasteiger partial charge in [-0.25, -0.2) is 10.6 Å². The molecule has 0 atom stereocenters. The predicted octanol–water partition coefficient (Wildman–Crippen LogP) is 0.791. The van der Waals surface area contributed by atoms with Gasteiger partial charge in [0.15, 0.2) is 0 Å². The zero-order chi connectivity index (χ0) is 10.1. The molecule has 0 aromatic carbocycles. The quantitative estimate of drug-likeness (QED) is 0.483. The zero-order valence-electron chi connectivity index (χ0n) is 8.33. The van der Waals surface area contributed by atoms with Gasteiger partial charge in [-0.2, -0.15) is 0 Å². The van der Waals surface area contributed by atoms with Crippen LogP contribution in [0.2, 0.25) is 0 Å². The van der Waals surface area contributed by atoms with Crippen molar-refractivity contribution in [2.24, 2.45) is 5.84 Å². The van der Waals surface area contributed by atoms with Gasteiger partial charge in [0.05, 0.1) is 5.57 Å². The molecule has 0 aliphatic carbocycles. The van der Waals surface area contributed by atoms with Crippen LogP contribution < -0.4 is 5.84 Å². The Labute approximate surface area is 78.3 Å². The number of nitrogens with two attached hydrogens (primary N) is 1. The number of carbonyl (C=O) groups excluding carboxylic acids is 1. The average Bonchev–Trinajstić information content (AvgIpc) is 2.31. The normalized spacial score (nSPS) is 17.2. The number of carbonyl (C=O) groups is 1. The minimum absolute atomic E-state index is 0.263. The highest BCUT2D eigenvalue weighted by Crippen LogP contribution is 2.16. The summed E-state index contributed by atoms with van der Waals surface area (Å²) in [4.78, 5) is 11.4. The van der Waals surface area contributed by atoms with Crippen LogP contribution >= 0.6 is 0 Å². The molecule has 2 N–H and O–H groups in total. The van der Waals surface area contributed by atoms with Gasteiger partial charge in [-0.15, -0.1) is 0 Å². The van der Waals surface area contributed by atoms with Crippen molar-refractivity contribution in [2.45, 2.75) is 32.8 Å². The van der Waals surface area contributed by atoms with Gasteiger partial charge in [0.25, 0.3) is 0 Å². The van der Waals surface area contributed by atoms with E-state index in [0.29, 0.717) is 18.5 Å². The van der Waals surface area contributed by atoms with Crippen molar-refractivity contribution >= 4 is 5.97 Å². The molecule has 1 aliphatic rings. The van der Waals surface area contributed by atoms with E-state index in [2.05, 4.69) is 0 Å². The molecule has 0 radical (unpaired) electrons. The van der Waals surface area contributed by atoms with Gasteiger partial charge in [-0.3, -0.25) is 0 Å². The molecular weight excluding hydrogens is 168 g/mol. The van der Waals surface area contributed by atoms with Crippen LogP contribution in [-0.4, -0.2) is 23.1 Å². The Morgan fingerprint density at radius 3 is 2.62 bits per heavy atom. The molecule has 1 heterocycles. The highest BCUT2D eigenvalue weighted by molar-refractivity contribution is 5.89. The summed E-state index contributed by atoms with van der Waals surface area (Å²) in [5.74, 6) is 5.21. The van der Waals surface area contributed by atoms with E-state index in [1.165, 1.54) is 5.01 Å². The number of hydrogen-bond acceptors (Lipinski definition) is 4. The van der Waals surface area contributed by atoms with Crippen LogP contribution in [0, 0.1) is 0 Å². The average molecular weight is 184 g/mol.